The number of rotatable bonds is 4. The van der Waals surface area contributed by atoms with Crippen molar-refractivity contribution >= 4 is 32.7 Å². The van der Waals surface area contributed by atoms with Crippen molar-refractivity contribution in [2.45, 2.75) is 33.2 Å². The molecule has 0 fully saturated rings. The lowest BCUT2D eigenvalue weighted by atomic mass is 9.85. The number of benzene rings is 1. The van der Waals surface area contributed by atoms with Crippen LogP contribution in [0.3, 0.4) is 0 Å². The van der Waals surface area contributed by atoms with Gasteiger partial charge in [-0.1, -0.05) is 44.2 Å². The van der Waals surface area contributed by atoms with E-state index in [2.05, 4.69) is 10.3 Å². The first-order chi connectivity index (χ1) is 8.86. The van der Waals surface area contributed by atoms with Crippen molar-refractivity contribution in [1.29, 1.82) is 0 Å². The fourth-order valence-electron chi connectivity index (χ4n) is 1.83. The van der Waals surface area contributed by atoms with E-state index in [1.54, 1.807) is 11.3 Å². The summed E-state index contributed by atoms with van der Waals surface area (Å²) in [7, 11) is 0. The molecule has 1 heterocycles. The minimum atomic E-state index is -0.798. The Kier molecular flexibility index (Phi) is 3.75. The maximum absolute atomic E-state index is 11.0. The fraction of sp³-hybridized carbons (Fsp3) is 0.429. The van der Waals surface area contributed by atoms with Gasteiger partial charge in [-0.3, -0.25) is 4.79 Å². The summed E-state index contributed by atoms with van der Waals surface area (Å²) in [4.78, 5) is 15.4. The monoisotopic (exact) mass is 278 g/mol. The van der Waals surface area contributed by atoms with Gasteiger partial charge in [0.2, 0.25) is 0 Å². The second-order valence-electron chi connectivity index (χ2n) is 5.65. The van der Waals surface area contributed by atoms with E-state index in [0.717, 1.165) is 15.3 Å². The molecule has 1 aromatic heterocycles. The number of carboxylic acids is 1. The zero-order chi connectivity index (χ0) is 14.0. The zero-order valence-corrected chi connectivity index (χ0v) is 12.1. The molecule has 1 aromatic carbocycles. The van der Waals surface area contributed by atoms with Crippen molar-refractivity contribution in [3.8, 4) is 0 Å². The number of fused-ring (bicyclic) bond motifs is 1. The van der Waals surface area contributed by atoms with Crippen LogP contribution in [0.2, 0.25) is 0 Å². The molecule has 1 unspecified atom stereocenters. The molecule has 0 saturated carbocycles. The third kappa shape index (κ3) is 3.44. The van der Waals surface area contributed by atoms with Crippen LogP contribution in [0.25, 0.3) is 10.2 Å². The van der Waals surface area contributed by atoms with Crippen LogP contribution in [0.4, 0.5) is 5.13 Å². The Hall–Kier alpha value is -1.62. The SMILES string of the molecule is CC(C)(C)C(CC(=O)O)Nc1nc2ccccc2s1. The van der Waals surface area contributed by atoms with E-state index in [0.29, 0.717) is 0 Å². The number of carboxylic acid groups (broad SMARTS) is 1. The van der Waals surface area contributed by atoms with Gasteiger partial charge >= 0.3 is 5.97 Å². The van der Waals surface area contributed by atoms with Gasteiger partial charge in [-0.05, 0) is 17.5 Å². The van der Waals surface area contributed by atoms with Gasteiger partial charge in [-0.15, -0.1) is 0 Å². The van der Waals surface area contributed by atoms with E-state index in [1.165, 1.54) is 0 Å². The molecule has 0 aliphatic carbocycles. The summed E-state index contributed by atoms with van der Waals surface area (Å²) in [6, 6.07) is 7.75. The molecule has 0 aliphatic heterocycles. The predicted molar refractivity (Wildman–Crippen MR) is 78.7 cm³/mol. The number of thiazole rings is 1. The summed E-state index contributed by atoms with van der Waals surface area (Å²) < 4.78 is 1.10. The molecule has 0 amide bonds. The van der Waals surface area contributed by atoms with Crippen LogP contribution >= 0.6 is 11.3 Å². The summed E-state index contributed by atoms with van der Waals surface area (Å²) in [5.41, 5.74) is 0.800. The molecule has 0 saturated heterocycles. The van der Waals surface area contributed by atoms with Crippen LogP contribution in [-0.2, 0) is 4.79 Å². The third-order valence-electron chi connectivity index (χ3n) is 3.02. The molecule has 1 atom stereocenters. The number of aromatic nitrogens is 1. The lowest BCUT2D eigenvalue weighted by Gasteiger charge is -2.30. The molecular weight excluding hydrogens is 260 g/mol. The van der Waals surface area contributed by atoms with Crippen molar-refractivity contribution in [2.75, 3.05) is 5.32 Å². The van der Waals surface area contributed by atoms with E-state index in [1.807, 2.05) is 45.0 Å². The van der Waals surface area contributed by atoms with Crippen LogP contribution in [0.15, 0.2) is 24.3 Å². The number of hydrogen-bond acceptors (Lipinski definition) is 4. The number of para-hydroxylation sites is 1. The topological polar surface area (TPSA) is 62.2 Å². The molecule has 4 nitrogen and oxygen atoms in total. The first kappa shape index (κ1) is 13.8. The Balaban J connectivity index is 2.23. The quantitative estimate of drug-likeness (QED) is 0.897. The molecular formula is C14H18N2O2S. The Morgan fingerprint density at radius 1 is 1.42 bits per heavy atom. The minimum absolute atomic E-state index is 0.0828. The highest BCUT2D eigenvalue weighted by atomic mass is 32.1. The number of hydrogen-bond donors (Lipinski definition) is 2. The lowest BCUT2D eigenvalue weighted by molar-refractivity contribution is -0.137. The summed E-state index contributed by atoms with van der Waals surface area (Å²) in [6.45, 7) is 6.09. The molecule has 0 bridgehead atoms. The Morgan fingerprint density at radius 3 is 2.68 bits per heavy atom. The molecule has 0 radical (unpaired) electrons. The Labute approximate surface area is 116 Å². The van der Waals surface area contributed by atoms with Crippen molar-refractivity contribution in [3.05, 3.63) is 24.3 Å². The molecule has 102 valence electrons. The third-order valence-corrected chi connectivity index (χ3v) is 3.98. The van der Waals surface area contributed by atoms with Gasteiger partial charge < -0.3 is 10.4 Å². The van der Waals surface area contributed by atoms with Gasteiger partial charge in [0, 0.05) is 6.04 Å². The van der Waals surface area contributed by atoms with E-state index in [9.17, 15) is 4.79 Å². The maximum Gasteiger partial charge on any atom is 0.305 e. The predicted octanol–water partition coefficient (Wildman–Crippen LogP) is 3.60. The number of carbonyl (C=O) groups is 1. The van der Waals surface area contributed by atoms with Crippen molar-refractivity contribution in [3.63, 3.8) is 0 Å². The largest absolute Gasteiger partial charge is 0.481 e. The normalized spacial score (nSPS) is 13.4. The smallest absolute Gasteiger partial charge is 0.305 e. The van der Waals surface area contributed by atoms with Gasteiger partial charge in [0.05, 0.1) is 16.6 Å². The second kappa shape index (κ2) is 5.17. The van der Waals surface area contributed by atoms with Gasteiger partial charge in [0.15, 0.2) is 5.13 Å². The average molecular weight is 278 g/mol. The van der Waals surface area contributed by atoms with E-state index >= 15 is 0 Å². The van der Waals surface area contributed by atoms with Crippen LogP contribution < -0.4 is 5.32 Å². The van der Waals surface area contributed by atoms with Crippen LogP contribution in [0, 0.1) is 5.41 Å². The molecule has 0 spiro atoms. The van der Waals surface area contributed by atoms with Gasteiger partial charge in [0.1, 0.15) is 0 Å². The van der Waals surface area contributed by atoms with Crippen molar-refractivity contribution in [2.24, 2.45) is 5.41 Å². The van der Waals surface area contributed by atoms with Crippen LogP contribution in [0.1, 0.15) is 27.2 Å². The average Bonchev–Trinajstić information content (AvgIpc) is 2.68. The van der Waals surface area contributed by atoms with E-state index in [4.69, 9.17) is 5.11 Å². The lowest BCUT2D eigenvalue weighted by Crippen LogP contribution is -2.36. The van der Waals surface area contributed by atoms with Gasteiger partial charge in [-0.2, -0.15) is 0 Å². The number of nitrogens with one attached hydrogen (secondary N) is 1. The molecule has 2 aromatic rings. The first-order valence-corrected chi connectivity index (χ1v) is 7.02. The highest BCUT2D eigenvalue weighted by molar-refractivity contribution is 7.22. The van der Waals surface area contributed by atoms with Crippen molar-refractivity contribution < 1.29 is 9.90 Å². The fourth-order valence-corrected chi connectivity index (χ4v) is 2.75. The van der Waals surface area contributed by atoms with Crippen molar-refractivity contribution in [1.82, 2.24) is 4.98 Å². The van der Waals surface area contributed by atoms with Gasteiger partial charge in [-0.25, -0.2) is 4.98 Å². The maximum atomic E-state index is 11.0. The molecule has 5 heteroatoms. The summed E-state index contributed by atoms with van der Waals surface area (Å²) in [5, 5.41) is 13.1. The molecule has 0 aliphatic rings. The summed E-state index contributed by atoms with van der Waals surface area (Å²) in [5.74, 6) is -0.798. The number of anilines is 1. The van der Waals surface area contributed by atoms with Crippen LogP contribution in [0.5, 0.6) is 0 Å². The number of aliphatic carboxylic acids is 1. The summed E-state index contributed by atoms with van der Waals surface area (Å²) in [6.07, 6.45) is 0.0828. The van der Waals surface area contributed by atoms with E-state index < -0.39 is 5.97 Å². The van der Waals surface area contributed by atoms with Crippen LogP contribution in [-0.4, -0.2) is 22.1 Å². The van der Waals surface area contributed by atoms with Gasteiger partial charge in [0.25, 0.3) is 0 Å². The Bertz CT molecular complexity index is 553. The van der Waals surface area contributed by atoms with E-state index in [-0.39, 0.29) is 17.9 Å². The highest BCUT2D eigenvalue weighted by Crippen LogP contribution is 2.30. The number of nitrogens with zero attached hydrogens (tertiary/aromatic N) is 1. The summed E-state index contributed by atoms with van der Waals surface area (Å²) >= 11 is 1.55. The standard InChI is InChI=1S/C14H18N2O2S/c1-14(2,3)11(8-12(17)18)16-13-15-9-6-4-5-7-10(9)19-13/h4-7,11H,8H2,1-3H3,(H,15,16)(H,17,18). The molecule has 19 heavy (non-hydrogen) atoms. The molecule has 2 rings (SSSR count). The Morgan fingerprint density at radius 2 is 2.11 bits per heavy atom. The minimum Gasteiger partial charge on any atom is -0.481 e. The first-order valence-electron chi connectivity index (χ1n) is 6.20. The molecule has 2 N–H and O–H groups in total. The highest BCUT2D eigenvalue weighted by Gasteiger charge is 2.27. The second-order valence-corrected chi connectivity index (χ2v) is 6.68. The zero-order valence-electron chi connectivity index (χ0n) is 11.3.